The normalized spacial score (nSPS) is 14.8. The molecule has 31 heavy (non-hydrogen) atoms. The standard InChI is InChI=1S/C25H23FN2O3/c1-16-12-19-7-6-17(15-27-24(29)20-4-3-5-21(26)14-20)13-23(19)28(16)25(30)18-8-10-22(31-2)11-9-18/h3-11,13-14,16H,12,15H2,1-2H3,(H,27,29)/t16-/m0/s1. The second-order valence-corrected chi connectivity index (χ2v) is 7.61. The molecule has 0 fully saturated rings. The molecule has 1 heterocycles. The van der Waals surface area contributed by atoms with Gasteiger partial charge in [0.05, 0.1) is 7.11 Å². The molecule has 6 heteroatoms. The molecule has 3 aromatic carbocycles. The highest BCUT2D eigenvalue weighted by Crippen LogP contribution is 2.34. The van der Waals surface area contributed by atoms with Crippen LogP contribution in [0.1, 0.15) is 38.8 Å². The minimum Gasteiger partial charge on any atom is -0.497 e. The van der Waals surface area contributed by atoms with E-state index in [9.17, 15) is 14.0 Å². The maximum atomic E-state index is 13.4. The van der Waals surface area contributed by atoms with Gasteiger partial charge in [0.1, 0.15) is 11.6 Å². The lowest BCUT2D eigenvalue weighted by atomic mass is 10.1. The SMILES string of the molecule is COc1ccc(C(=O)N2c3cc(CNC(=O)c4cccc(F)c4)ccc3C[C@@H]2C)cc1. The predicted octanol–water partition coefficient (Wildman–Crippen LogP) is 4.36. The Kier molecular flexibility index (Phi) is 5.71. The van der Waals surface area contributed by atoms with Gasteiger partial charge in [-0.05, 0) is 73.0 Å². The van der Waals surface area contributed by atoms with E-state index in [0.717, 1.165) is 23.2 Å². The number of hydrogen-bond acceptors (Lipinski definition) is 3. The molecule has 0 spiro atoms. The smallest absolute Gasteiger partial charge is 0.258 e. The molecule has 0 aliphatic carbocycles. The van der Waals surface area contributed by atoms with Crippen LogP contribution in [-0.2, 0) is 13.0 Å². The van der Waals surface area contributed by atoms with Gasteiger partial charge in [0.2, 0.25) is 0 Å². The molecule has 3 aromatic rings. The van der Waals surface area contributed by atoms with Crippen molar-refractivity contribution in [1.29, 1.82) is 0 Å². The molecule has 2 amide bonds. The summed E-state index contributed by atoms with van der Waals surface area (Å²) in [5, 5.41) is 2.81. The van der Waals surface area contributed by atoms with E-state index in [1.807, 2.05) is 25.1 Å². The van der Waals surface area contributed by atoms with E-state index in [0.29, 0.717) is 11.3 Å². The maximum absolute atomic E-state index is 13.4. The molecule has 0 aromatic heterocycles. The number of benzene rings is 3. The summed E-state index contributed by atoms with van der Waals surface area (Å²) in [5.41, 5.74) is 3.67. The lowest BCUT2D eigenvalue weighted by Gasteiger charge is -2.23. The number of rotatable bonds is 5. The summed E-state index contributed by atoms with van der Waals surface area (Å²) < 4.78 is 18.5. The minimum atomic E-state index is -0.452. The monoisotopic (exact) mass is 418 g/mol. The van der Waals surface area contributed by atoms with E-state index in [2.05, 4.69) is 5.32 Å². The van der Waals surface area contributed by atoms with E-state index in [4.69, 9.17) is 4.74 Å². The first kappa shape index (κ1) is 20.6. The summed E-state index contributed by atoms with van der Waals surface area (Å²) in [6, 6.07) is 18.5. The summed E-state index contributed by atoms with van der Waals surface area (Å²) in [7, 11) is 1.59. The lowest BCUT2D eigenvalue weighted by molar-refractivity contribution is 0.0948. The van der Waals surface area contributed by atoms with Crippen LogP contribution in [0.25, 0.3) is 0 Å². The fraction of sp³-hybridized carbons (Fsp3) is 0.200. The van der Waals surface area contributed by atoms with Crippen molar-refractivity contribution in [2.45, 2.75) is 25.9 Å². The molecule has 0 saturated carbocycles. The highest BCUT2D eigenvalue weighted by Gasteiger charge is 2.31. The Morgan fingerprint density at radius 2 is 1.84 bits per heavy atom. The summed E-state index contributed by atoms with van der Waals surface area (Å²) >= 11 is 0. The number of nitrogens with one attached hydrogen (secondary N) is 1. The maximum Gasteiger partial charge on any atom is 0.258 e. The number of anilines is 1. The Hall–Kier alpha value is -3.67. The van der Waals surface area contributed by atoms with Crippen molar-refractivity contribution in [3.63, 3.8) is 0 Å². The number of ether oxygens (including phenoxy) is 1. The van der Waals surface area contributed by atoms with Crippen LogP contribution in [0.4, 0.5) is 10.1 Å². The third kappa shape index (κ3) is 4.28. The van der Waals surface area contributed by atoms with Crippen molar-refractivity contribution in [3.8, 4) is 5.75 Å². The van der Waals surface area contributed by atoms with Crippen LogP contribution in [0.5, 0.6) is 5.75 Å². The average molecular weight is 418 g/mol. The fourth-order valence-electron chi connectivity index (χ4n) is 3.86. The Balaban J connectivity index is 1.52. The average Bonchev–Trinajstić information content (AvgIpc) is 3.12. The zero-order valence-corrected chi connectivity index (χ0v) is 17.4. The number of halogens is 1. The van der Waals surface area contributed by atoms with Gasteiger partial charge in [0.25, 0.3) is 11.8 Å². The molecule has 1 aliphatic heterocycles. The van der Waals surface area contributed by atoms with Gasteiger partial charge in [-0.25, -0.2) is 4.39 Å². The van der Waals surface area contributed by atoms with Crippen LogP contribution in [0.2, 0.25) is 0 Å². The zero-order chi connectivity index (χ0) is 22.0. The van der Waals surface area contributed by atoms with E-state index in [-0.39, 0.29) is 30.0 Å². The van der Waals surface area contributed by atoms with Crippen molar-refractivity contribution >= 4 is 17.5 Å². The van der Waals surface area contributed by atoms with Crippen molar-refractivity contribution < 1.29 is 18.7 Å². The van der Waals surface area contributed by atoms with Crippen LogP contribution in [-0.4, -0.2) is 25.0 Å². The molecule has 0 radical (unpaired) electrons. The quantitative estimate of drug-likeness (QED) is 0.670. The first-order chi connectivity index (χ1) is 15.0. The third-order valence-electron chi connectivity index (χ3n) is 5.46. The van der Waals surface area contributed by atoms with E-state index < -0.39 is 5.82 Å². The van der Waals surface area contributed by atoms with Crippen molar-refractivity contribution in [3.05, 3.63) is 94.8 Å². The Labute approximate surface area is 180 Å². The van der Waals surface area contributed by atoms with Crippen molar-refractivity contribution in [2.75, 3.05) is 12.0 Å². The van der Waals surface area contributed by atoms with Gasteiger partial charge in [-0.1, -0.05) is 18.2 Å². The molecule has 0 unspecified atom stereocenters. The molecule has 0 saturated heterocycles. The molecule has 4 rings (SSSR count). The van der Waals surface area contributed by atoms with Gasteiger partial charge < -0.3 is 15.0 Å². The molecular formula is C25H23FN2O3. The van der Waals surface area contributed by atoms with Gasteiger partial charge in [-0.3, -0.25) is 9.59 Å². The van der Waals surface area contributed by atoms with Crippen molar-refractivity contribution in [2.24, 2.45) is 0 Å². The highest BCUT2D eigenvalue weighted by atomic mass is 19.1. The van der Waals surface area contributed by atoms with Crippen LogP contribution < -0.4 is 15.0 Å². The molecule has 1 N–H and O–H groups in total. The third-order valence-corrected chi connectivity index (χ3v) is 5.46. The van der Waals surface area contributed by atoms with Gasteiger partial charge in [0.15, 0.2) is 0 Å². The number of hydrogen-bond donors (Lipinski definition) is 1. The number of carbonyl (C=O) groups is 2. The number of nitrogens with zero attached hydrogens (tertiary/aromatic N) is 1. The molecular weight excluding hydrogens is 395 g/mol. The summed E-state index contributed by atoms with van der Waals surface area (Å²) in [5.74, 6) is -0.177. The lowest BCUT2D eigenvalue weighted by Crippen LogP contribution is -2.35. The molecule has 1 atom stereocenters. The first-order valence-electron chi connectivity index (χ1n) is 10.1. The van der Waals surface area contributed by atoms with Crippen molar-refractivity contribution in [1.82, 2.24) is 5.32 Å². The zero-order valence-electron chi connectivity index (χ0n) is 17.4. The first-order valence-corrected chi connectivity index (χ1v) is 10.1. The number of amides is 2. The van der Waals surface area contributed by atoms with Gasteiger partial charge in [-0.2, -0.15) is 0 Å². The number of fused-ring (bicyclic) bond motifs is 1. The predicted molar refractivity (Wildman–Crippen MR) is 117 cm³/mol. The number of methoxy groups -OCH3 is 1. The summed E-state index contributed by atoms with van der Waals surface area (Å²) in [4.78, 5) is 27.3. The van der Waals surface area contributed by atoms with E-state index in [1.54, 1.807) is 42.3 Å². The Morgan fingerprint density at radius 1 is 1.06 bits per heavy atom. The van der Waals surface area contributed by atoms with Crippen LogP contribution in [0, 0.1) is 5.82 Å². The summed E-state index contributed by atoms with van der Waals surface area (Å²) in [6.07, 6.45) is 0.771. The van der Waals surface area contributed by atoms with Gasteiger partial charge >= 0.3 is 0 Å². The largest absolute Gasteiger partial charge is 0.497 e. The molecule has 158 valence electrons. The van der Waals surface area contributed by atoms with Gasteiger partial charge in [-0.15, -0.1) is 0 Å². The Bertz CT molecular complexity index is 1130. The topological polar surface area (TPSA) is 58.6 Å². The second-order valence-electron chi connectivity index (χ2n) is 7.61. The fourth-order valence-corrected chi connectivity index (χ4v) is 3.86. The number of carbonyl (C=O) groups excluding carboxylic acids is 2. The van der Waals surface area contributed by atoms with E-state index >= 15 is 0 Å². The molecule has 0 bridgehead atoms. The van der Waals surface area contributed by atoms with Crippen LogP contribution >= 0.6 is 0 Å². The van der Waals surface area contributed by atoms with Crippen LogP contribution in [0.3, 0.4) is 0 Å². The van der Waals surface area contributed by atoms with Crippen LogP contribution in [0.15, 0.2) is 66.7 Å². The van der Waals surface area contributed by atoms with Gasteiger partial charge in [0, 0.05) is 29.4 Å². The highest BCUT2D eigenvalue weighted by molar-refractivity contribution is 6.07. The second kappa shape index (κ2) is 8.60. The van der Waals surface area contributed by atoms with E-state index in [1.165, 1.54) is 18.2 Å². The molecule has 1 aliphatic rings. The Morgan fingerprint density at radius 3 is 2.55 bits per heavy atom. The summed E-state index contributed by atoms with van der Waals surface area (Å²) in [6.45, 7) is 2.30. The molecule has 5 nitrogen and oxygen atoms in total. The minimum absolute atomic E-state index is 0.0294.